The van der Waals surface area contributed by atoms with Gasteiger partial charge in [0.05, 0.1) is 17.0 Å². The molecule has 1 fully saturated rings. The average molecular weight is 462 g/mol. The normalized spacial score (nSPS) is 17.5. The minimum absolute atomic E-state index is 0.0528. The Kier molecular flexibility index (Phi) is 5.41. The van der Waals surface area contributed by atoms with Crippen molar-refractivity contribution >= 4 is 26.5 Å². The first-order valence-corrected chi connectivity index (χ1v) is 12.8. The predicted molar refractivity (Wildman–Crippen MR) is 129 cm³/mol. The molecule has 1 saturated heterocycles. The summed E-state index contributed by atoms with van der Waals surface area (Å²) in [6.07, 6.45) is 2.79. The molecule has 1 unspecified atom stereocenters. The molecule has 33 heavy (non-hydrogen) atoms. The number of aryl methyl sites for hydroxylation is 1. The molecule has 0 radical (unpaired) electrons. The maximum absolute atomic E-state index is 13.6. The Bertz CT molecular complexity index is 1470. The van der Waals surface area contributed by atoms with Crippen molar-refractivity contribution in [1.82, 2.24) is 4.57 Å². The highest BCUT2D eigenvalue weighted by Gasteiger charge is 2.29. The molecule has 1 aliphatic rings. The van der Waals surface area contributed by atoms with Crippen LogP contribution in [0.4, 0.5) is 4.39 Å². The third kappa shape index (κ3) is 4.35. The summed E-state index contributed by atoms with van der Waals surface area (Å²) >= 11 is 0. The van der Waals surface area contributed by atoms with Gasteiger partial charge in [0.25, 0.3) is 0 Å². The fourth-order valence-electron chi connectivity index (χ4n) is 4.67. The van der Waals surface area contributed by atoms with Gasteiger partial charge in [0, 0.05) is 34.8 Å². The maximum atomic E-state index is 13.6. The average Bonchev–Trinajstić information content (AvgIpc) is 3.33. The standard InChI is InChI=1S/C27H24FNO3S/c1-18-3-2-4-20(13-18)25-16-29(23-8-6-22(28)7-9-23)26-15-21(5-10-24(25)26)27(30)14-19-11-12-33(31,32)17-19/h2-10,13,15-16,19H,11-12,14,17H2,1H3. The molecule has 0 saturated carbocycles. The van der Waals surface area contributed by atoms with E-state index in [0.29, 0.717) is 12.0 Å². The Labute approximate surface area is 192 Å². The Balaban J connectivity index is 1.59. The van der Waals surface area contributed by atoms with Gasteiger partial charge in [-0.25, -0.2) is 12.8 Å². The first kappa shape index (κ1) is 21.6. The van der Waals surface area contributed by atoms with Crippen LogP contribution in [0.15, 0.2) is 72.9 Å². The van der Waals surface area contributed by atoms with Crippen molar-refractivity contribution in [1.29, 1.82) is 0 Å². The lowest BCUT2D eigenvalue weighted by atomic mass is 9.96. The summed E-state index contributed by atoms with van der Waals surface area (Å²) in [6.45, 7) is 2.04. The molecular formula is C27H24FNO3S. The van der Waals surface area contributed by atoms with Gasteiger partial charge in [0.1, 0.15) is 5.82 Å². The zero-order valence-corrected chi connectivity index (χ0v) is 19.1. The van der Waals surface area contributed by atoms with E-state index < -0.39 is 9.84 Å². The van der Waals surface area contributed by atoms with Crippen LogP contribution < -0.4 is 0 Å². The van der Waals surface area contributed by atoms with Crippen LogP contribution in [0, 0.1) is 18.7 Å². The van der Waals surface area contributed by atoms with E-state index in [4.69, 9.17) is 0 Å². The molecule has 0 N–H and O–H groups in total. The molecule has 0 aliphatic carbocycles. The predicted octanol–water partition coefficient (Wildman–Crippen LogP) is 5.75. The van der Waals surface area contributed by atoms with Gasteiger partial charge < -0.3 is 4.57 Å². The number of fused-ring (bicyclic) bond motifs is 1. The molecule has 168 valence electrons. The minimum atomic E-state index is -3.02. The molecule has 4 aromatic rings. The third-order valence-electron chi connectivity index (χ3n) is 6.36. The van der Waals surface area contributed by atoms with Crippen LogP contribution in [0.5, 0.6) is 0 Å². The Hall–Kier alpha value is -3.25. The van der Waals surface area contributed by atoms with Crippen LogP contribution in [0.3, 0.4) is 0 Å². The SMILES string of the molecule is Cc1cccc(-c2cn(-c3ccc(F)cc3)c3cc(C(=O)CC4CCS(=O)(=O)C4)ccc23)c1. The Morgan fingerprint density at radius 3 is 2.55 bits per heavy atom. The lowest BCUT2D eigenvalue weighted by molar-refractivity contribution is 0.0966. The fourth-order valence-corrected chi connectivity index (χ4v) is 6.53. The molecule has 4 nitrogen and oxygen atoms in total. The van der Waals surface area contributed by atoms with E-state index in [1.165, 1.54) is 12.1 Å². The fraction of sp³-hybridized carbons (Fsp3) is 0.222. The van der Waals surface area contributed by atoms with Crippen molar-refractivity contribution in [2.45, 2.75) is 19.8 Å². The van der Waals surface area contributed by atoms with Crippen LogP contribution in [0.25, 0.3) is 27.7 Å². The molecular weight excluding hydrogens is 437 g/mol. The van der Waals surface area contributed by atoms with E-state index in [9.17, 15) is 17.6 Å². The van der Waals surface area contributed by atoms with Crippen molar-refractivity contribution < 1.29 is 17.6 Å². The first-order valence-electron chi connectivity index (χ1n) is 11.0. The molecule has 3 aromatic carbocycles. The Morgan fingerprint density at radius 2 is 1.85 bits per heavy atom. The van der Waals surface area contributed by atoms with Gasteiger partial charge in [-0.3, -0.25) is 4.79 Å². The second kappa shape index (κ2) is 8.27. The number of carbonyl (C=O) groups excluding carboxylic acids is 1. The van der Waals surface area contributed by atoms with Crippen LogP contribution in [0.2, 0.25) is 0 Å². The molecule has 0 amide bonds. The lowest BCUT2D eigenvalue weighted by Crippen LogP contribution is -2.10. The van der Waals surface area contributed by atoms with Gasteiger partial charge in [-0.2, -0.15) is 0 Å². The number of aromatic nitrogens is 1. The van der Waals surface area contributed by atoms with Crippen LogP contribution >= 0.6 is 0 Å². The van der Waals surface area contributed by atoms with Crippen LogP contribution in [0.1, 0.15) is 28.8 Å². The summed E-state index contributed by atoms with van der Waals surface area (Å²) in [5, 5.41) is 0.991. The lowest BCUT2D eigenvalue weighted by Gasteiger charge is -2.09. The molecule has 2 heterocycles. The van der Waals surface area contributed by atoms with E-state index in [1.807, 2.05) is 48.0 Å². The number of sulfone groups is 1. The van der Waals surface area contributed by atoms with E-state index in [0.717, 1.165) is 33.3 Å². The summed E-state index contributed by atoms with van der Waals surface area (Å²) in [5.74, 6) is -0.230. The number of benzene rings is 3. The highest BCUT2D eigenvalue weighted by atomic mass is 32.2. The Morgan fingerprint density at radius 1 is 1.06 bits per heavy atom. The van der Waals surface area contributed by atoms with Crippen LogP contribution in [-0.4, -0.2) is 30.3 Å². The number of halogens is 1. The van der Waals surface area contributed by atoms with Gasteiger partial charge in [0.2, 0.25) is 0 Å². The number of Topliss-reactive ketones (excluding diaryl/α,β-unsaturated/α-hetero) is 1. The van der Waals surface area contributed by atoms with Crippen molar-refractivity contribution in [3.8, 4) is 16.8 Å². The highest BCUT2D eigenvalue weighted by Crippen LogP contribution is 2.34. The highest BCUT2D eigenvalue weighted by molar-refractivity contribution is 7.91. The topological polar surface area (TPSA) is 56.1 Å². The summed E-state index contributed by atoms with van der Waals surface area (Å²) in [4.78, 5) is 13.0. The summed E-state index contributed by atoms with van der Waals surface area (Å²) in [5.41, 5.74) is 5.45. The zero-order chi connectivity index (χ0) is 23.2. The number of rotatable bonds is 5. The quantitative estimate of drug-likeness (QED) is 0.356. The molecule has 1 aromatic heterocycles. The summed E-state index contributed by atoms with van der Waals surface area (Å²) in [6, 6.07) is 20.1. The monoisotopic (exact) mass is 461 g/mol. The second-order valence-electron chi connectivity index (χ2n) is 8.89. The van der Waals surface area contributed by atoms with Gasteiger partial charge in [-0.1, -0.05) is 42.0 Å². The maximum Gasteiger partial charge on any atom is 0.163 e. The largest absolute Gasteiger partial charge is 0.316 e. The second-order valence-corrected chi connectivity index (χ2v) is 11.1. The molecule has 1 aliphatic heterocycles. The van der Waals surface area contributed by atoms with Crippen molar-refractivity contribution in [2.24, 2.45) is 5.92 Å². The molecule has 0 bridgehead atoms. The number of ketones is 1. The number of carbonyl (C=O) groups is 1. The van der Waals surface area contributed by atoms with Crippen LogP contribution in [-0.2, 0) is 9.84 Å². The minimum Gasteiger partial charge on any atom is -0.316 e. The van der Waals surface area contributed by atoms with E-state index in [1.54, 1.807) is 12.1 Å². The van der Waals surface area contributed by atoms with Gasteiger partial charge in [-0.15, -0.1) is 0 Å². The summed E-state index contributed by atoms with van der Waals surface area (Å²) < 4.78 is 39.1. The smallest absolute Gasteiger partial charge is 0.163 e. The van der Waals surface area contributed by atoms with Crippen molar-refractivity contribution in [3.05, 3.63) is 89.9 Å². The van der Waals surface area contributed by atoms with Gasteiger partial charge >= 0.3 is 0 Å². The first-order chi connectivity index (χ1) is 15.8. The third-order valence-corrected chi connectivity index (χ3v) is 8.20. The van der Waals surface area contributed by atoms with Crippen molar-refractivity contribution in [2.75, 3.05) is 11.5 Å². The number of hydrogen-bond acceptors (Lipinski definition) is 3. The number of hydrogen-bond donors (Lipinski definition) is 0. The number of nitrogens with zero attached hydrogens (tertiary/aromatic N) is 1. The van der Waals surface area contributed by atoms with E-state index in [-0.39, 0.29) is 35.4 Å². The zero-order valence-electron chi connectivity index (χ0n) is 18.3. The van der Waals surface area contributed by atoms with Crippen molar-refractivity contribution in [3.63, 3.8) is 0 Å². The molecule has 0 spiro atoms. The van der Waals surface area contributed by atoms with E-state index in [2.05, 4.69) is 12.1 Å². The van der Waals surface area contributed by atoms with Gasteiger partial charge in [0.15, 0.2) is 15.6 Å². The molecule has 1 atom stereocenters. The molecule has 5 rings (SSSR count). The summed E-state index contributed by atoms with van der Waals surface area (Å²) in [7, 11) is -3.02. The molecule has 6 heteroatoms. The van der Waals surface area contributed by atoms with Gasteiger partial charge in [-0.05, 0) is 55.2 Å². The van der Waals surface area contributed by atoms with E-state index >= 15 is 0 Å².